The first-order valence-electron chi connectivity index (χ1n) is 5.95. The average molecular weight is 217 g/mol. The van der Waals surface area contributed by atoms with Gasteiger partial charge in [0.1, 0.15) is 0 Å². The Morgan fingerprint density at radius 2 is 1.75 bits per heavy atom. The topological polar surface area (TPSA) is 20.3 Å². The fraction of sp³-hybridized carbons (Fsp3) is 0.500. The van der Waals surface area contributed by atoms with Crippen molar-refractivity contribution in [1.82, 2.24) is 4.90 Å². The van der Waals surface area contributed by atoms with Crippen LogP contribution in [0.5, 0.6) is 0 Å². The molecule has 1 heterocycles. The van der Waals surface area contributed by atoms with E-state index in [0.29, 0.717) is 5.92 Å². The fourth-order valence-corrected chi connectivity index (χ4v) is 2.60. The lowest BCUT2D eigenvalue weighted by Gasteiger charge is -2.31. The van der Waals surface area contributed by atoms with Crippen LogP contribution in [0.2, 0.25) is 0 Å². The van der Waals surface area contributed by atoms with E-state index in [0.717, 1.165) is 5.56 Å². The molecule has 1 aromatic carbocycles. The summed E-state index contributed by atoms with van der Waals surface area (Å²) in [4.78, 5) is 14.3. The second-order valence-electron chi connectivity index (χ2n) is 5.08. The number of hydrogen-bond donors (Lipinski definition) is 0. The third kappa shape index (κ3) is 1.53. The molecule has 0 N–H and O–H groups in total. The standard InChI is InChI=1S/C14H19NO/c1-9(2)13-11-7-5-6-8-12(11)14(16)15(13)10(3)4/h5-10,13H,1-4H3. The molecule has 0 aliphatic carbocycles. The van der Waals surface area contributed by atoms with Crippen LogP contribution < -0.4 is 0 Å². The van der Waals surface area contributed by atoms with Crippen LogP contribution in [0.3, 0.4) is 0 Å². The van der Waals surface area contributed by atoms with Gasteiger partial charge in [-0.25, -0.2) is 0 Å². The molecular formula is C14H19NO. The normalized spacial score (nSPS) is 19.8. The number of fused-ring (bicyclic) bond motifs is 1. The van der Waals surface area contributed by atoms with E-state index in [1.165, 1.54) is 5.56 Å². The van der Waals surface area contributed by atoms with Crippen LogP contribution in [0, 0.1) is 5.92 Å². The van der Waals surface area contributed by atoms with Crippen molar-refractivity contribution in [1.29, 1.82) is 0 Å². The fourth-order valence-electron chi connectivity index (χ4n) is 2.60. The van der Waals surface area contributed by atoms with Gasteiger partial charge in [-0.2, -0.15) is 0 Å². The second kappa shape index (κ2) is 3.93. The zero-order valence-electron chi connectivity index (χ0n) is 10.4. The van der Waals surface area contributed by atoms with Crippen molar-refractivity contribution < 1.29 is 4.79 Å². The summed E-state index contributed by atoms with van der Waals surface area (Å²) < 4.78 is 0. The zero-order valence-corrected chi connectivity index (χ0v) is 10.4. The lowest BCUT2D eigenvalue weighted by molar-refractivity contribution is 0.0609. The molecule has 2 rings (SSSR count). The summed E-state index contributed by atoms with van der Waals surface area (Å²) in [6.45, 7) is 8.52. The summed E-state index contributed by atoms with van der Waals surface area (Å²) in [5.74, 6) is 0.638. The van der Waals surface area contributed by atoms with E-state index >= 15 is 0 Å². The first-order chi connectivity index (χ1) is 7.54. The number of rotatable bonds is 2. The quantitative estimate of drug-likeness (QED) is 0.744. The maximum atomic E-state index is 12.3. The van der Waals surface area contributed by atoms with Gasteiger partial charge < -0.3 is 4.90 Å². The van der Waals surface area contributed by atoms with Gasteiger partial charge in [-0.15, -0.1) is 0 Å². The molecule has 1 amide bonds. The minimum Gasteiger partial charge on any atom is -0.329 e. The molecule has 1 unspecified atom stereocenters. The Labute approximate surface area is 97.3 Å². The van der Waals surface area contributed by atoms with Crippen LogP contribution in [0.25, 0.3) is 0 Å². The average Bonchev–Trinajstić information content (AvgIpc) is 2.53. The predicted molar refractivity (Wildman–Crippen MR) is 65.3 cm³/mol. The molecule has 0 saturated heterocycles. The van der Waals surface area contributed by atoms with E-state index in [-0.39, 0.29) is 18.0 Å². The van der Waals surface area contributed by atoms with Gasteiger partial charge in [0.05, 0.1) is 6.04 Å². The van der Waals surface area contributed by atoms with Crippen molar-refractivity contribution in [2.45, 2.75) is 39.8 Å². The zero-order chi connectivity index (χ0) is 11.9. The number of hydrogen-bond acceptors (Lipinski definition) is 1. The molecule has 0 saturated carbocycles. The first-order valence-corrected chi connectivity index (χ1v) is 5.95. The lowest BCUT2D eigenvalue weighted by atomic mass is 9.95. The molecule has 2 nitrogen and oxygen atoms in total. The molecule has 1 aromatic rings. The van der Waals surface area contributed by atoms with E-state index in [2.05, 4.69) is 33.8 Å². The summed E-state index contributed by atoms with van der Waals surface area (Å²) in [6, 6.07) is 8.48. The Kier molecular flexibility index (Phi) is 2.75. The molecule has 0 spiro atoms. The Bertz CT molecular complexity index is 409. The highest BCUT2D eigenvalue weighted by molar-refractivity contribution is 5.99. The lowest BCUT2D eigenvalue weighted by Crippen LogP contribution is -2.36. The van der Waals surface area contributed by atoms with Gasteiger partial charge in [-0.3, -0.25) is 4.79 Å². The van der Waals surface area contributed by atoms with E-state index in [9.17, 15) is 4.79 Å². The SMILES string of the molecule is CC(C)C1c2ccccc2C(=O)N1C(C)C. The number of carbonyl (C=O) groups excluding carboxylic acids is 1. The summed E-state index contributed by atoms with van der Waals surface area (Å²) in [5, 5.41) is 0. The van der Waals surface area contributed by atoms with Gasteiger partial charge in [0.25, 0.3) is 5.91 Å². The van der Waals surface area contributed by atoms with E-state index in [4.69, 9.17) is 0 Å². The van der Waals surface area contributed by atoms with Gasteiger partial charge in [0.2, 0.25) is 0 Å². The van der Waals surface area contributed by atoms with E-state index in [1.807, 2.05) is 23.1 Å². The highest BCUT2D eigenvalue weighted by atomic mass is 16.2. The van der Waals surface area contributed by atoms with Gasteiger partial charge in [-0.1, -0.05) is 32.0 Å². The van der Waals surface area contributed by atoms with E-state index < -0.39 is 0 Å². The second-order valence-corrected chi connectivity index (χ2v) is 5.08. The molecule has 16 heavy (non-hydrogen) atoms. The summed E-state index contributed by atoms with van der Waals surface area (Å²) in [6.07, 6.45) is 0. The minimum absolute atomic E-state index is 0.185. The van der Waals surface area contributed by atoms with Crippen LogP contribution in [-0.4, -0.2) is 16.8 Å². The summed E-state index contributed by atoms with van der Waals surface area (Å²) in [5.41, 5.74) is 2.08. The third-order valence-corrected chi connectivity index (χ3v) is 3.23. The van der Waals surface area contributed by atoms with Crippen LogP contribution in [0.1, 0.15) is 49.7 Å². The first kappa shape index (κ1) is 11.2. The summed E-state index contributed by atoms with van der Waals surface area (Å²) in [7, 11) is 0. The molecule has 0 bridgehead atoms. The number of nitrogens with zero attached hydrogens (tertiary/aromatic N) is 1. The van der Waals surface area contributed by atoms with Crippen molar-refractivity contribution in [2.24, 2.45) is 5.92 Å². The van der Waals surface area contributed by atoms with Crippen molar-refractivity contribution in [2.75, 3.05) is 0 Å². The smallest absolute Gasteiger partial charge is 0.254 e. The van der Waals surface area contributed by atoms with Gasteiger partial charge in [0, 0.05) is 11.6 Å². The number of amides is 1. The molecule has 0 aromatic heterocycles. The van der Waals surface area contributed by atoms with Crippen molar-refractivity contribution in [3.63, 3.8) is 0 Å². The van der Waals surface area contributed by atoms with Crippen molar-refractivity contribution >= 4 is 5.91 Å². The third-order valence-electron chi connectivity index (χ3n) is 3.23. The van der Waals surface area contributed by atoms with Gasteiger partial charge in [-0.05, 0) is 31.4 Å². The molecule has 1 aliphatic heterocycles. The number of carbonyl (C=O) groups is 1. The molecule has 86 valence electrons. The van der Waals surface area contributed by atoms with Crippen molar-refractivity contribution in [3.05, 3.63) is 35.4 Å². The maximum Gasteiger partial charge on any atom is 0.254 e. The minimum atomic E-state index is 0.185. The Balaban J connectivity index is 2.52. The van der Waals surface area contributed by atoms with Crippen molar-refractivity contribution in [3.8, 4) is 0 Å². The largest absolute Gasteiger partial charge is 0.329 e. The monoisotopic (exact) mass is 217 g/mol. The van der Waals surface area contributed by atoms with Crippen LogP contribution >= 0.6 is 0 Å². The molecule has 2 heteroatoms. The van der Waals surface area contributed by atoms with Crippen LogP contribution in [-0.2, 0) is 0 Å². The highest BCUT2D eigenvalue weighted by Gasteiger charge is 2.39. The van der Waals surface area contributed by atoms with E-state index in [1.54, 1.807) is 0 Å². The summed E-state index contributed by atoms with van der Waals surface area (Å²) >= 11 is 0. The van der Waals surface area contributed by atoms with Gasteiger partial charge in [0.15, 0.2) is 0 Å². The number of benzene rings is 1. The Morgan fingerprint density at radius 1 is 1.12 bits per heavy atom. The highest BCUT2D eigenvalue weighted by Crippen LogP contribution is 2.39. The molecule has 0 fully saturated rings. The molecule has 0 radical (unpaired) electrons. The molecule has 1 atom stereocenters. The van der Waals surface area contributed by atoms with Crippen LogP contribution in [0.4, 0.5) is 0 Å². The molecule has 1 aliphatic rings. The maximum absolute atomic E-state index is 12.3. The predicted octanol–water partition coefficient (Wildman–Crippen LogP) is 3.25. The van der Waals surface area contributed by atoms with Crippen LogP contribution in [0.15, 0.2) is 24.3 Å². The molecular weight excluding hydrogens is 198 g/mol. The Hall–Kier alpha value is -1.31. The van der Waals surface area contributed by atoms with Gasteiger partial charge >= 0.3 is 0 Å². The Morgan fingerprint density at radius 3 is 2.31 bits per heavy atom.